The van der Waals surface area contributed by atoms with Crippen molar-refractivity contribution in [3.05, 3.63) is 28.2 Å². The number of aryl methyl sites for hydroxylation is 1. The van der Waals surface area contributed by atoms with Crippen LogP contribution < -0.4 is 5.32 Å². The van der Waals surface area contributed by atoms with Crippen molar-refractivity contribution in [2.75, 3.05) is 18.1 Å². The molecule has 1 unspecified atom stereocenters. The zero-order valence-electron chi connectivity index (χ0n) is 12.7. The van der Waals surface area contributed by atoms with Gasteiger partial charge in [-0.2, -0.15) is 11.8 Å². The molecule has 0 radical (unpaired) electrons. The number of aromatic nitrogens is 1. The highest BCUT2D eigenvalue weighted by molar-refractivity contribution is 7.99. The summed E-state index contributed by atoms with van der Waals surface area (Å²) >= 11 is 3.76. The van der Waals surface area contributed by atoms with Gasteiger partial charge in [0, 0.05) is 34.4 Å². The van der Waals surface area contributed by atoms with Gasteiger partial charge in [0.05, 0.1) is 10.7 Å². The summed E-state index contributed by atoms with van der Waals surface area (Å²) in [6.45, 7) is 15.8. The Morgan fingerprint density at radius 2 is 2.16 bits per heavy atom. The first-order chi connectivity index (χ1) is 8.86. The van der Waals surface area contributed by atoms with E-state index in [4.69, 9.17) is 4.98 Å². The van der Waals surface area contributed by atoms with E-state index in [1.807, 2.05) is 29.2 Å². The number of thioether (sulfide) groups is 1. The standard InChI is InChI=1S/C15H26N2S2/c1-7-9-18-10-8-16-11(2)13-12(3)17-14(19-13)15(4,5)6/h7,11,16H,1,8-10H2,2-6H3. The van der Waals surface area contributed by atoms with Gasteiger partial charge >= 0.3 is 0 Å². The Hall–Kier alpha value is -0.320. The molecule has 2 nitrogen and oxygen atoms in total. The van der Waals surface area contributed by atoms with Crippen LogP contribution in [0.2, 0.25) is 0 Å². The molecule has 0 spiro atoms. The number of nitrogens with one attached hydrogen (secondary N) is 1. The fraction of sp³-hybridized carbons (Fsp3) is 0.667. The van der Waals surface area contributed by atoms with Gasteiger partial charge < -0.3 is 5.32 Å². The van der Waals surface area contributed by atoms with Crippen LogP contribution in [0.4, 0.5) is 0 Å². The third-order valence-corrected chi connectivity index (χ3v) is 5.53. The van der Waals surface area contributed by atoms with Crippen molar-refractivity contribution in [2.24, 2.45) is 0 Å². The van der Waals surface area contributed by atoms with E-state index in [-0.39, 0.29) is 5.41 Å². The maximum absolute atomic E-state index is 4.72. The highest BCUT2D eigenvalue weighted by atomic mass is 32.2. The second kappa shape index (κ2) is 7.46. The van der Waals surface area contributed by atoms with Crippen LogP contribution >= 0.6 is 23.1 Å². The summed E-state index contributed by atoms with van der Waals surface area (Å²) in [5.74, 6) is 2.16. The predicted octanol–water partition coefficient (Wildman–Crippen LogP) is 4.32. The van der Waals surface area contributed by atoms with Gasteiger partial charge in [0.2, 0.25) is 0 Å². The van der Waals surface area contributed by atoms with Crippen LogP contribution in [0.1, 0.15) is 49.3 Å². The number of nitrogens with zero attached hydrogens (tertiary/aromatic N) is 1. The van der Waals surface area contributed by atoms with Crippen LogP contribution in [0, 0.1) is 6.92 Å². The van der Waals surface area contributed by atoms with Gasteiger partial charge in [-0.25, -0.2) is 4.98 Å². The van der Waals surface area contributed by atoms with Crippen molar-refractivity contribution in [2.45, 2.75) is 46.1 Å². The lowest BCUT2D eigenvalue weighted by atomic mass is 9.98. The molecular formula is C15H26N2S2. The molecular weight excluding hydrogens is 272 g/mol. The average Bonchev–Trinajstić information content (AvgIpc) is 2.70. The van der Waals surface area contributed by atoms with E-state index in [0.717, 1.165) is 18.1 Å². The molecule has 1 aromatic heterocycles. The lowest BCUT2D eigenvalue weighted by Crippen LogP contribution is -2.21. The van der Waals surface area contributed by atoms with E-state index in [9.17, 15) is 0 Å². The molecule has 1 atom stereocenters. The molecule has 0 aliphatic rings. The average molecular weight is 299 g/mol. The summed E-state index contributed by atoms with van der Waals surface area (Å²) in [5, 5.41) is 4.81. The quantitative estimate of drug-likeness (QED) is 0.599. The van der Waals surface area contributed by atoms with Crippen LogP contribution in [-0.2, 0) is 5.41 Å². The lowest BCUT2D eigenvalue weighted by Gasteiger charge is -2.14. The number of thiazole rings is 1. The van der Waals surface area contributed by atoms with Crippen LogP contribution in [0.3, 0.4) is 0 Å². The van der Waals surface area contributed by atoms with Crippen LogP contribution in [0.25, 0.3) is 0 Å². The van der Waals surface area contributed by atoms with Crippen molar-refractivity contribution in [3.8, 4) is 0 Å². The lowest BCUT2D eigenvalue weighted by molar-refractivity contribution is 0.583. The van der Waals surface area contributed by atoms with Gasteiger partial charge in [-0.3, -0.25) is 0 Å². The van der Waals surface area contributed by atoms with Gasteiger partial charge in [-0.1, -0.05) is 26.8 Å². The molecule has 19 heavy (non-hydrogen) atoms. The van der Waals surface area contributed by atoms with Crippen LogP contribution in [0.5, 0.6) is 0 Å². The zero-order chi connectivity index (χ0) is 14.5. The molecule has 0 saturated heterocycles. The Balaban J connectivity index is 2.55. The van der Waals surface area contributed by atoms with Crippen molar-refractivity contribution in [1.29, 1.82) is 0 Å². The van der Waals surface area contributed by atoms with E-state index < -0.39 is 0 Å². The molecule has 1 aromatic rings. The molecule has 1 rings (SSSR count). The maximum atomic E-state index is 4.72. The minimum absolute atomic E-state index is 0.146. The van der Waals surface area contributed by atoms with Gasteiger partial charge in [-0.15, -0.1) is 17.9 Å². The molecule has 0 aliphatic heterocycles. The molecule has 4 heteroatoms. The highest BCUT2D eigenvalue weighted by Crippen LogP contribution is 2.32. The van der Waals surface area contributed by atoms with E-state index >= 15 is 0 Å². The summed E-state index contributed by atoms with van der Waals surface area (Å²) in [4.78, 5) is 6.09. The van der Waals surface area contributed by atoms with E-state index in [1.165, 1.54) is 15.6 Å². The fourth-order valence-electron chi connectivity index (χ4n) is 1.74. The predicted molar refractivity (Wildman–Crippen MR) is 89.5 cm³/mol. The van der Waals surface area contributed by atoms with Gasteiger partial charge in [0.1, 0.15) is 0 Å². The Kier molecular flexibility index (Phi) is 6.57. The first-order valence-electron chi connectivity index (χ1n) is 6.76. The Bertz CT molecular complexity index is 405. The van der Waals surface area contributed by atoms with Gasteiger partial charge in [-0.05, 0) is 13.8 Å². The fourth-order valence-corrected chi connectivity index (χ4v) is 3.48. The van der Waals surface area contributed by atoms with Gasteiger partial charge in [0.15, 0.2) is 0 Å². The number of hydrogen-bond donors (Lipinski definition) is 1. The SMILES string of the molecule is C=CCSCCNC(C)c1sc(C(C)(C)C)nc1C. The van der Waals surface area contributed by atoms with Crippen molar-refractivity contribution < 1.29 is 0 Å². The van der Waals surface area contributed by atoms with Crippen LogP contribution in [0.15, 0.2) is 12.7 Å². The van der Waals surface area contributed by atoms with E-state index in [2.05, 4.69) is 46.5 Å². The molecule has 108 valence electrons. The molecule has 0 bridgehead atoms. The molecule has 0 saturated carbocycles. The Labute approximate surface area is 126 Å². The number of hydrogen-bond acceptors (Lipinski definition) is 4. The first-order valence-corrected chi connectivity index (χ1v) is 8.73. The molecule has 0 fully saturated rings. The van der Waals surface area contributed by atoms with Crippen molar-refractivity contribution in [1.82, 2.24) is 10.3 Å². The molecule has 1 N–H and O–H groups in total. The zero-order valence-corrected chi connectivity index (χ0v) is 14.4. The smallest absolute Gasteiger partial charge is 0.0985 e. The summed E-state index contributed by atoms with van der Waals surface area (Å²) in [6, 6.07) is 0.387. The molecule has 0 aromatic carbocycles. The minimum atomic E-state index is 0.146. The topological polar surface area (TPSA) is 24.9 Å². The largest absolute Gasteiger partial charge is 0.309 e. The third kappa shape index (κ3) is 5.28. The minimum Gasteiger partial charge on any atom is -0.309 e. The van der Waals surface area contributed by atoms with Crippen molar-refractivity contribution >= 4 is 23.1 Å². The Morgan fingerprint density at radius 3 is 2.68 bits per heavy atom. The molecule has 0 aliphatic carbocycles. The van der Waals surface area contributed by atoms with Gasteiger partial charge in [0.25, 0.3) is 0 Å². The maximum Gasteiger partial charge on any atom is 0.0985 e. The molecule has 1 heterocycles. The molecule has 0 amide bonds. The summed E-state index contributed by atoms with van der Waals surface area (Å²) in [5.41, 5.74) is 1.32. The van der Waals surface area contributed by atoms with Crippen molar-refractivity contribution in [3.63, 3.8) is 0 Å². The highest BCUT2D eigenvalue weighted by Gasteiger charge is 2.22. The first kappa shape index (κ1) is 16.7. The van der Waals surface area contributed by atoms with Crippen LogP contribution in [-0.4, -0.2) is 23.0 Å². The summed E-state index contributed by atoms with van der Waals surface area (Å²) in [6.07, 6.45) is 1.96. The third-order valence-electron chi connectivity index (χ3n) is 2.80. The number of rotatable bonds is 7. The second-order valence-electron chi connectivity index (χ2n) is 5.76. The van der Waals surface area contributed by atoms with E-state index in [1.54, 1.807) is 0 Å². The van der Waals surface area contributed by atoms with E-state index in [0.29, 0.717) is 6.04 Å². The second-order valence-corrected chi connectivity index (χ2v) is 7.94. The monoisotopic (exact) mass is 298 g/mol. The summed E-state index contributed by atoms with van der Waals surface area (Å²) < 4.78 is 0. The summed E-state index contributed by atoms with van der Waals surface area (Å²) in [7, 11) is 0. The Morgan fingerprint density at radius 1 is 1.47 bits per heavy atom. The normalized spacial score (nSPS) is 13.5.